The molecule has 18 heavy (non-hydrogen) atoms. The number of carbonyl (C=O) groups excluding carboxylic acids is 1. The van der Waals surface area contributed by atoms with E-state index in [0.717, 1.165) is 12.1 Å². The Hall–Kier alpha value is -1.56. The summed E-state index contributed by atoms with van der Waals surface area (Å²) in [5.41, 5.74) is 4.52. The number of hydrogen-bond donors (Lipinski definition) is 1. The molecule has 0 heterocycles. The Balaban J connectivity index is 2.87. The van der Waals surface area contributed by atoms with Crippen LogP contribution < -0.4 is 5.73 Å². The van der Waals surface area contributed by atoms with Crippen molar-refractivity contribution in [1.29, 1.82) is 0 Å². The van der Waals surface area contributed by atoms with Crippen molar-refractivity contribution in [3.8, 4) is 0 Å². The Morgan fingerprint density at radius 1 is 1.39 bits per heavy atom. The largest absolute Gasteiger partial charge is 0.416 e. The third-order valence-electron chi connectivity index (χ3n) is 2.48. The van der Waals surface area contributed by atoms with E-state index in [1.54, 1.807) is 0 Å². The summed E-state index contributed by atoms with van der Waals surface area (Å²) in [7, 11) is 1.54. The van der Waals surface area contributed by atoms with Gasteiger partial charge in [0, 0.05) is 19.2 Å². The Labute approximate surface area is 103 Å². The number of rotatable bonds is 4. The van der Waals surface area contributed by atoms with Crippen LogP contribution in [0.1, 0.15) is 22.3 Å². The molecule has 0 aliphatic rings. The molecular formula is C12H15F3N2O. The number of hydrogen-bond acceptors (Lipinski definition) is 2. The highest BCUT2D eigenvalue weighted by atomic mass is 19.4. The van der Waals surface area contributed by atoms with E-state index in [0.29, 0.717) is 19.5 Å². The predicted molar refractivity (Wildman–Crippen MR) is 62.1 cm³/mol. The van der Waals surface area contributed by atoms with Gasteiger partial charge < -0.3 is 10.6 Å². The van der Waals surface area contributed by atoms with Gasteiger partial charge in [-0.05, 0) is 31.2 Å². The van der Waals surface area contributed by atoms with Crippen molar-refractivity contribution in [1.82, 2.24) is 4.90 Å². The van der Waals surface area contributed by atoms with E-state index in [2.05, 4.69) is 0 Å². The highest BCUT2D eigenvalue weighted by Crippen LogP contribution is 2.29. The second-order valence-corrected chi connectivity index (χ2v) is 3.95. The summed E-state index contributed by atoms with van der Waals surface area (Å²) in [5, 5.41) is 0. The number of halogens is 3. The van der Waals surface area contributed by atoms with Crippen molar-refractivity contribution in [2.45, 2.75) is 12.6 Å². The molecular weight excluding hydrogens is 245 g/mol. The van der Waals surface area contributed by atoms with E-state index >= 15 is 0 Å². The van der Waals surface area contributed by atoms with Crippen molar-refractivity contribution < 1.29 is 18.0 Å². The molecule has 0 atom stereocenters. The lowest BCUT2D eigenvalue weighted by atomic mass is 10.1. The van der Waals surface area contributed by atoms with Crippen LogP contribution in [0, 0.1) is 0 Å². The molecule has 1 amide bonds. The average Bonchev–Trinajstić information content (AvgIpc) is 2.34. The molecule has 0 fully saturated rings. The van der Waals surface area contributed by atoms with Crippen LogP contribution in [0.5, 0.6) is 0 Å². The fourth-order valence-electron chi connectivity index (χ4n) is 1.48. The predicted octanol–water partition coefficient (Wildman–Crippen LogP) is 2.13. The lowest BCUT2D eigenvalue weighted by Gasteiger charge is -2.17. The molecule has 0 aliphatic heterocycles. The molecule has 0 spiro atoms. The maximum atomic E-state index is 12.5. The van der Waals surface area contributed by atoms with Gasteiger partial charge in [-0.25, -0.2) is 0 Å². The molecule has 0 unspecified atom stereocenters. The SMILES string of the molecule is CN(CCCN)C(=O)c1cccc(C(F)(F)F)c1. The molecule has 1 aromatic carbocycles. The molecule has 100 valence electrons. The zero-order valence-electron chi connectivity index (χ0n) is 10.00. The van der Waals surface area contributed by atoms with Gasteiger partial charge in [0.2, 0.25) is 0 Å². The van der Waals surface area contributed by atoms with E-state index in [-0.39, 0.29) is 5.56 Å². The van der Waals surface area contributed by atoms with E-state index < -0.39 is 17.6 Å². The first kappa shape index (κ1) is 14.5. The minimum atomic E-state index is -4.44. The molecule has 3 nitrogen and oxygen atoms in total. The van der Waals surface area contributed by atoms with Crippen molar-refractivity contribution in [2.24, 2.45) is 5.73 Å². The van der Waals surface area contributed by atoms with Gasteiger partial charge >= 0.3 is 6.18 Å². The third-order valence-corrected chi connectivity index (χ3v) is 2.48. The van der Waals surface area contributed by atoms with Gasteiger partial charge in [0.15, 0.2) is 0 Å². The molecule has 2 N–H and O–H groups in total. The minimum absolute atomic E-state index is 0.0318. The van der Waals surface area contributed by atoms with E-state index in [4.69, 9.17) is 5.73 Å². The van der Waals surface area contributed by atoms with Crippen molar-refractivity contribution >= 4 is 5.91 Å². The van der Waals surface area contributed by atoms with Crippen LogP contribution in [0.2, 0.25) is 0 Å². The lowest BCUT2D eigenvalue weighted by molar-refractivity contribution is -0.137. The number of carbonyl (C=O) groups is 1. The number of alkyl halides is 3. The standard InChI is InChI=1S/C12H15F3N2O/c1-17(7-3-6-16)11(18)9-4-2-5-10(8-9)12(13,14)15/h2,4-5,8H,3,6-7,16H2,1H3. The number of amides is 1. The topological polar surface area (TPSA) is 46.3 Å². The molecule has 1 rings (SSSR count). The summed E-state index contributed by atoms with van der Waals surface area (Å²) in [6, 6.07) is 4.40. The summed E-state index contributed by atoms with van der Waals surface area (Å²) < 4.78 is 37.5. The summed E-state index contributed by atoms with van der Waals surface area (Å²) in [4.78, 5) is 13.2. The van der Waals surface area contributed by atoms with Gasteiger partial charge in [-0.2, -0.15) is 13.2 Å². The first-order valence-electron chi connectivity index (χ1n) is 5.49. The quantitative estimate of drug-likeness (QED) is 0.901. The molecule has 1 aromatic rings. The smallest absolute Gasteiger partial charge is 0.342 e. The van der Waals surface area contributed by atoms with E-state index in [1.807, 2.05) is 0 Å². The summed E-state index contributed by atoms with van der Waals surface area (Å²) >= 11 is 0. The van der Waals surface area contributed by atoms with Gasteiger partial charge in [0.05, 0.1) is 5.56 Å². The molecule has 0 aromatic heterocycles. The number of benzene rings is 1. The van der Waals surface area contributed by atoms with Crippen LogP contribution >= 0.6 is 0 Å². The van der Waals surface area contributed by atoms with Gasteiger partial charge in [0.1, 0.15) is 0 Å². The van der Waals surface area contributed by atoms with E-state index in [9.17, 15) is 18.0 Å². The van der Waals surface area contributed by atoms with E-state index in [1.165, 1.54) is 24.1 Å². The normalized spacial score (nSPS) is 11.4. The molecule has 0 radical (unpaired) electrons. The monoisotopic (exact) mass is 260 g/mol. The molecule has 0 bridgehead atoms. The van der Waals surface area contributed by atoms with Gasteiger partial charge in [-0.3, -0.25) is 4.79 Å². The van der Waals surface area contributed by atoms with Gasteiger partial charge in [-0.15, -0.1) is 0 Å². The fourth-order valence-corrected chi connectivity index (χ4v) is 1.48. The highest BCUT2D eigenvalue weighted by Gasteiger charge is 2.31. The van der Waals surface area contributed by atoms with Gasteiger partial charge in [0.25, 0.3) is 5.91 Å². The molecule has 0 saturated carbocycles. The average molecular weight is 260 g/mol. The van der Waals surface area contributed by atoms with Crippen LogP contribution in [0.4, 0.5) is 13.2 Å². The second kappa shape index (κ2) is 5.86. The summed E-state index contributed by atoms with van der Waals surface area (Å²) in [6.45, 7) is 0.853. The number of nitrogens with zero attached hydrogens (tertiary/aromatic N) is 1. The van der Waals surface area contributed by atoms with Crippen LogP contribution in [-0.4, -0.2) is 30.9 Å². The molecule has 6 heteroatoms. The summed E-state index contributed by atoms with van der Waals surface area (Å²) in [5.74, 6) is -0.436. The zero-order valence-corrected chi connectivity index (χ0v) is 10.00. The molecule has 0 aliphatic carbocycles. The number of nitrogens with two attached hydrogens (primary N) is 1. The Kier molecular flexibility index (Phi) is 4.72. The Bertz CT molecular complexity index is 418. The maximum Gasteiger partial charge on any atom is 0.416 e. The summed E-state index contributed by atoms with van der Waals surface area (Å²) in [6.07, 6.45) is -3.83. The second-order valence-electron chi connectivity index (χ2n) is 3.95. The third kappa shape index (κ3) is 3.73. The van der Waals surface area contributed by atoms with Crippen molar-refractivity contribution in [3.63, 3.8) is 0 Å². The fraction of sp³-hybridized carbons (Fsp3) is 0.417. The minimum Gasteiger partial charge on any atom is -0.342 e. The highest BCUT2D eigenvalue weighted by molar-refractivity contribution is 5.94. The Morgan fingerprint density at radius 2 is 2.06 bits per heavy atom. The Morgan fingerprint density at radius 3 is 2.61 bits per heavy atom. The van der Waals surface area contributed by atoms with Gasteiger partial charge in [-0.1, -0.05) is 6.07 Å². The van der Waals surface area contributed by atoms with Crippen LogP contribution in [-0.2, 0) is 6.18 Å². The van der Waals surface area contributed by atoms with Crippen LogP contribution in [0.3, 0.4) is 0 Å². The van der Waals surface area contributed by atoms with Crippen molar-refractivity contribution in [2.75, 3.05) is 20.1 Å². The van der Waals surface area contributed by atoms with Crippen LogP contribution in [0.15, 0.2) is 24.3 Å². The molecule has 0 saturated heterocycles. The first-order valence-corrected chi connectivity index (χ1v) is 5.49. The maximum absolute atomic E-state index is 12.5. The lowest BCUT2D eigenvalue weighted by Crippen LogP contribution is -2.29. The zero-order chi connectivity index (χ0) is 13.8. The van der Waals surface area contributed by atoms with Crippen molar-refractivity contribution in [3.05, 3.63) is 35.4 Å². The first-order chi connectivity index (χ1) is 8.36. The van der Waals surface area contributed by atoms with Crippen LogP contribution in [0.25, 0.3) is 0 Å².